The van der Waals surface area contributed by atoms with E-state index in [1.807, 2.05) is 13.8 Å². The van der Waals surface area contributed by atoms with Crippen LogP contribution in [0.4, 0.5) is 0 Å². The Balaban J connectivity index is 2.31. The fraction of sp³-hybridized carbons (Fsp3) is 0.429. The monoisotopic (exact) mass is 417 g/mol. The molecule has 0 radical (unpaired) electrons. The molecule has 0 unspecified atom stereocenters. The van der Waals surface area contributed by atoms with E-state index in [0.717, 1.165) is 0 Å². The summed E-state index contributed by atoms with van der Waals surface area (Å²) in [6, 6.07) is 4.34. The number of benzene rings is 1. The molecule has 4 N–H and O–H groups in total. The number of nitrogens with one attached hydrogen (secondary N) is 2. The first kappa shape index (κ1) is 22.9. The molecule has 1 heterocycles. The van der Waals surface area contributed by atoms with Crippen molar-refractivity contribution in [3.63, 3.8) is 0 Å². The van der Waals surface area contributed by atoms with Crippen molar-refractivity contribution in [2.24, 2.45) is 11.7 Å². The van der Waals surface area contributed by atoms with Crippen LogP contribution in [0.1, 0.15) is 32.8 Å². The molecule has 9 heteroatoms. The second-order valence-corrected chi connectivity index (χ2v) is 7.50. The first-order valence-electron chi connectivity index (χ1n) is 9.58. The molecule has 0 aliphatic rings. The Morgan fingerprint density at radius 3 is 2.40 bits per heavy atom. The molecule has 1 aromatic heterocycles. The molecule has 2 aromatic rings. The minimum absolute atomic E-state index is 0.00995. The number of rotatable bonds is 9. The van der Waals surface area contributed by atoms with Crippen LogP contribution in [0.2, 0.25) is 0 Å². The maximum absolute atomic E-state index is 12.7. The van der Waals surface area contributed by atoms with E-state index in [2.05, 4.69) is 10.6 Å². The van der Waals surface area contributed by atoms with Gasteiger partial charge >= 0.3 is 5.63 Å². The van der Waals surface area contributed by atoms with Crippen molar-refractivity contribution in [2.45, 2.75) is 45.7 Å². The van der Waals surface area contributed by atoms with Gasteiger partial charge in [-0.2, -0.15) is 0 Å². The van der Waals surface area contributed by atoms with Crippen LogP contribution in [0.15, 0.2) is 33.5 Å². The van der Waals surface area contributed by atoms with Crippen LogP contribution in [0.25, 0.3) is 11.0 Å². The largest absolute Gasteiger partial charge is 0.497 e. The average molecular weight is 417 g/mol. The summed E-state index contributed by atoms with van der Waals surface area (Å²) < 4.78 is 10.3. The van der Waals surface area contributed by atoms with E-state index >= 15 is 0 Å². The Labute approximate surface area is 173 Å². The SMILES string of the molecule is COc1ccc2c(C[C@@H](NC(=O)[C@H](CC(C)C)NC(C)=O)C(N)=O)cc(=O)oc2c1. The summed E-state index contributed by atoms with van der Waals surface area (Å²) in [4.78, 5) is 48.1. The normalized spacial score (nSPS) is 13.0. The van der Waals surface area contributed by atoms with Crippen LogP contribution in [0.5, 0.6) is 5.75 Å². The van der Waals surface area contributed by atoms with Crippen molar-refractivity contribution < 1.29 is 23.5 Å². The van der Waals surface area contributed by atoms with Gasteiger partial charge < -0.3 is 25.5 Å². The second kappa shape index (κ2) is 9.91. The first-order valence-corrected chi connectivity index (χ1v) is 9.58. The van der Waals surface area contributed by atoms with Gasteiger partial charge in [-0.1, -0.05) is 13.8 Å². The lowest BCUT2D eigenvalue weighted by molar-refractivity contribution is -0.131. The van der Waals surface area contributed by atoms with Crippen molar-refractivity contribution in [1.82, 2.24) is 10.6 Å². The van der Waals surface area contributed by atoms with Crippen molar-refractivity contribution in [3.05, 3.63) is 40.2 Å². The summed E-state index contributed by atoms with van der Waals surface area (Å²) in [6.45, 7) is 5.14. The molecular weight excluding hydrogens is 390 g/mol. The Kier molecular flexibility index (Phi) is 7.57. The lowest BCUT2D eigenvalue weighted by Gasteiger charge is -2.23. The van der Waals surface area contributed by atoms with Gasteiger partial charge in [-0.05, 0) is 30.0 Å². The topological polar surface area (TPSA) is 141 Å². The third kappa shape index (κ3) is 6.07. The molecule has 9 nitrogen and oxygen atoms in total. The summed E-state index contributed by atoms with van der Waals surface area (Å²) in [5, 5.41) is 5.78. The standard InChI is InChI=1S/C21H27N3O6/c1-11(2)7-17(23-12(3)25)21(28)24-16(20(22)27)8-13-9-19(26)30-18-10-14(29-4)5-6-15(13)18/h5-6,9-11,16-17H,7-8H2,1-4H3,(H2,22,27)(H,23,25)(H,24,28)/t16-,17+/m1/s1. The Morgan fingerprint density at radius 2 is 1.83 bits per heavy atom. The van der Waals surface area contributed by atoms with Gasteiger partial charge in [0.2, 0.25) is 17.7 Å². The second-order valence-electron chi connectivity index (χ2n) is 7.50. The van der Waals surface area contributed by atoms with E-state index in [9.17, 15) is 19.2 Å². The molecule has 162 valence electrons. The lowest BCUT2D eigenvalue weighted by atomic mass is 10.00. The van der Waals surface area contributed by atoms with Crippen LogP contribution in [0, 0.1) is 5.92 Å². The zero-order valence-corrected chi connectivity index (χ0v) is 17.5. The minimum atomic E-state index is -1.08. The van der Waals surface area contributed by atoms with Gasteiger partial charge in [0.15, 0.2) is 0 Å². The molecule has 1 aromatic carbocycles. The van der Waals surface area contributed by atoms with E-state index in [4.69, 9.17) is 14.9 Å². The predicted octanol–water partition coefficient (Wildman–Crippen LogP) is 0.865. The number of hydrogen-bond donors (Lipinski definition) is 3. The predicted molar refractivity (Wildman–Crippen MR) is 111 cm³/mol. The smallest absolute Gasteiger partial charge is 0.336 e. The summed E-state index contributed by atoms with van der Waals surface area (Å²) >= 11 is 0. The fourth-order valence-corrected chi connectivity index (χ4v) is 3.17. The number of carbonyl (C=O) groups is 3. The molecule has 0 fully saturated rings. The highest BCUT2D eigenvalue weighted by molar-refractivity contribution is 5.92. The maximum Gasteiger partial charge on any atom is 0.336 e. The first-order chi connectivity index (χ1) is 14.1. The van der Waals surface area contributed by atoms with Gasteiger partial charge in [0.25, 0.3) is 0 Å². The van der Waals surface area contributed by atoms with Gasteiger partial charge in [0.1, 0.15) is 23.4 Å². The lowest BCUT2D eigenvalue weighted by Crippen LogP contribution is -2.53. The van der Waals surface area contributed by atoms with E-state index in [1.54, 1.807) is 18.2 Å². The third-order valence-electron chi connectivity index (χ3n) is 4.52. The van der Waals surface area contributed by atoms with Gasteiger partial charge in [0.05, 0.1) is 7.11 Å². The summed E-state index contributed by atoms with van der Waals surface area (Å²) in [5.74, 6) is -0.986. The summed E-state index contributed by atoms with van der Waals surface area (Å²) in [5.41, 5.74) is 5.69. The molecule has 2 rings (SSSR count). The van der Waals surface area contributed by atoms with E-state index in [-0.39, 0.29) is 18.2 Å². The molecule has 0 aliphatic carbocycles. The number of fused-ring (bicyclic) bond motifs is 1. The molecule has 2 atom stereocenters. The number of nitrogens with two attached hydrogens (primary N) is 1. The molecule has 0 bridgehead atoms. The number of hydrogen-bond acceptors (Lipinski definition) is 6. The van der Waals surface area contributed by atoms with Crippen molar-refractivity contribution in [3.8, 4) is 5.75 Å². The average Bonchev–Trinajstić information content (AvgIpc) is 2.65. The van der Waals surface area contributed by atoms with Crippen molar-refractivity contribution >= 4 is 28.7 Å². The highest BCUT2D eigenvalue weighted by atomic mass is 16.5. The summed E-state index contributed by atoms with van der Waals surface area (Å²) in [7, 11) is 1.49. The van der Waals surface area contributed by atoms with Gasteiger partial charge in [-0.15, -0.1) is 0 Å². The maximum atomic E-state index is 12.7. The number of methoxy groups -OCH3 is 1. The Morgan fingerprint density at radius 1 is 1.13 bits per heavy atom. The quantitative estimate of drug-likeness (QED) is 0.517. The Hall–Kier alpha value is -3.36. The van der Waals surface area contributed by atoms with Crippen LogP contribution < -0.4 is 26.7 Å². The number of amides is 3. The molecule has 0 saturated heterocycles. The molecule has 0 saturated carbocycles. The number of carbonyl (C=O) groups excluding carboxylic acids is 3. The van der Waals surface area contributed by atoms with Gasteiger partial charge in [0, 0.05) is 30.9 Å². The van der Waals surface area contributed by atoms with Gasteiger partial charge in [-0.25, -0.2) is 4.79 Å². The van der Waals surface area contributed by atoms with Crippen LogP contribution in [0.3, 0.4) is 0 Å². The molecule has 3 amide bonds. The van der Waals surface area contributed by atoms with E-state index < -0.39 is 29.5 Å². The highest BCUT2D eigenvalue weighted by Crippen LogP contribution is 2.23. The highest BCUT2D eigenvalue weighted by Gasteiger charge is 2.26. The molecule has 0 spiro atoms. The van der Waals surface area contributed by atoms with Crippen LogP contribution >= 0.6 is 0 Å². The van der Waals surface area contributed by atoms with Crippen LogP contribution in [-0.2, 0) is 20.8 Å². The fourth-order valence-electron chi connectivity index (χ4n) is 3.17. The van der Waals surface area contributed by atoms with E-state index in [1.165, 1.54) is 20.1 Å². The zero-order valence-electron chi connectivity index (χ0n) is 17.5. The number of primary amides is 1. The molecule has 0 aliphatic heterocycles. The van der Waals surface area contributed by atoms with Crippen molar-refractivity contribution in [2.75, 3.05) is 7.11 Å². The molecular formula is C21H27N3O6. The zero-order chi connectivity index (χ0) is 22.4. The van der Waals surface area contributed by atoms with Crippen LogP contribution in [-0.4, -0.2) is 36.9 Å². The molecule has 30 heavy (non-hydrogen) atoms. The van der Waals surface area contributed by atoms with Crippen molar-refractivity contribution in [1.29, 1.82) is 0 Å². The number of ether oxygens (including phenoxy) is 1. The Bertz CT molecular complexity index is 998. The van der Waals surface area contributed by atoms with Gasteiger partial charge in [-0.3, -0.25) is 14.4 Å². The third-order valence-corrected chi connectivity index (χ3v) is 4.52. The minimum Gasteiger partial charge on any atom is -0.497 e. The summed E-state index contributed by atoms with van der Waals surface area (Å²) in [6.07, 6.45) is 0.387. The van der Waals surface area contributed by atoms with E-state index in [0.29, 0.717) is 28.7 Å².